The summed E-state index contributed by atoms with van der Waals surface area (Å²) in [6.07, 6.45) is -0.392. The van der Waals surface area contributed by atoms with E-state index in [0.717, 1.165) is 0 Å². The molecule has 0 saturated carbocycles. The predicted molar refractivity (Wildman–Crippen MR) is 84.4 cm³/mol. The normalized spacial score (nSPS) is 19.7. The minimum Gasteiger partial charge on any atom is -0.375 e. The number of para-hydroxylation sites is 1. The molecule has 2 aromatic carbocycles. The van der Waals surface area contributed by atoms with Crippen LogP contribution in [0.1, 0.15) is 22.3 Å². The third-order valence-corrected chi connectivity index (χ3v) is 4.19. The molecule has 112 valence electrons. The first-order chi connectivity index (χ1) is 10.4. The molecule has 0 spiro atoms. The molecule has 2 aromatic rings. The van der Waals surface area contributed by atoms with Gasteiger partial charge in [-0.3, -0.25) is 9.59 Å². The van der Waals surface area contributed by atoms with E-state index in [4.69, 9.17) is 23.2 Å². The summed E-state index contributed by atoms with van der Waals surface area (Å²) in [5.41, 5.74) is -0.781. The van der Waals surface area contributed by atoms with Gasteiger partial charge in [-0.2, -0.15) is 0 Å². The molecule has 0 aromatic heterocycles. The van der Waals surface area contributed by atoms with Gasteiger partial charge >= 0.3 is 0 Å². The summed E-state index contributed by atoms with van der Waals surface area (Å²) in [4.78, 5) is 24.5. The lowest BCUT2D eigenvalue weighted by Crippen LogP contribution is -2.36. The lowest BCUT2D eigenvalue weighted by Gasteiger charge is -2.20. The van der Waals surface area contributed by atoms with Crippen LogP contribution in [0.4, 0.5) is 5.69 Å². The van der Waals surface area contributed by atoms with Gasteiger partial charge in [-0.15, -0.1) is 0 Å². The standard InChI is InChI=1S/C16H11Cl2NO3/c17-9-5-6-10(12(18)7-9)14(20)8-16(22)11-3-1-2-4-13(11)19-15(16)21/h1-7,22H,8H2,(H,19,21)/t16-/m0/s1. The monoisotopic (exact) mass is 335 g/mol. The minimum absolute atomic E-state index is 0.188. The summed E-state index contributed by atoms with van der Waals surface area (Å²) in [5.74, 6) is -1.05. The maximum absolute atomic E-state index is 12.4. The fourth-order valence-corrected chi connectivity index (χ4v) is 3.03. The number of hydrogen-bond acceptors (Lipinski definition) is 3. The molecule has 0 saturated heterocycles. The second-order valence-electron chi connectivity index (χ2n) is 5.08. The third-order valence-electron chi connectivity index (χ3n) is 3.64. The van der Waals surface area contributed by atoms with Crippen molar-refractivity contribution in [3.8, 4) is 0 Å². The van der Waals surface area contributed by atoms with Gasteiger partial charge in [-0.25, -0.2) is 0 Å². The summed E-state index contributed by atoms with van der Waals surface area (Å²) >= 11 is 11.8. The Kier molecular flexibility index (Phi) is 3.68. The van der Waals surface area contributed by atoms with Crippen LogP contribution in [0.3, 0.4) is 0 Å². The number of Topliss-reactive ketones (excluding diaryl/α,β-unsaturated/α-hetero) is 1. The molecule has 1 aliphatic rings. The summed E-state index contributed by atoms with van der Waals surface area (Å²) in [6.45, 7) is 0. The van der Waals surface area contributed by atoms with Crippen molar-refractivity contribution < 1.29 is 14.7 Å². The molecular weight excluding hydrogens is 325 g/mol. The number of aliphatic hydroxyl groups is 1. The Balaban J connectivity index is 1.95. The van der Waals surface area contributed by atoms with Crippen molar-refractivity contribution in [3.63, 3.8) is 0 Å². The second kappa shape index (κ2) is 5.39. The predicted octanol–water partition coefficient (Wildman–Crippen LogP) is 3.41. The van der Waals surface area contributed by atoms with Crippen molar-refractivity contribution in [1.82, 2.24) is 0 Å². The number of rotatable bonds is 3. The van der Waals surface area contributed by atoms with E-state index in [1.54, 1.807) is 24.3 Å². The molecule has 0 bridgehead atoms. The van der Waals surface area contributed by atoms with Gasteiger partial charge in [-0.1, -0.05) is 41.4 Å². The van der Waals surface area contributed by atoms with Crippen LogP contribution in [0.2, 0.25) is 10.0 Å². The highest BCUT2D eigenvalue weighted by Crippen LogP contribution is 2.39. The number of carbonyl (C=O) groups excluding carboxylic acids is 2. The Morgan fingerprint density at radius 3 is 2.64 bits per heavy atom. The molecule has 0 unspecified atom stereocenters. The molecule has 1 amide bonds. The molecule has 2 N–H and O–H groups in total. The molecule has 0 fully saturated rings. The van der Waals surface area contributed by atoms with Gasteiger partial charge in [0.1, 0.15) is 0 Å². The van der Waals surface area contributed by atoms with Crippen molar-refractivity contribution in [2.45, 2.75) is 12.0 Å². The van der Waals surface area contributed by atoms with E-state index in [9.17, 15) is 14.7 Å². The van der Waals surface area contributed by atoms with E-state index in [0.29, 0.717) is 16.3 Å². The van der Waals surface area contributed by atoms with E-state index in [2.05, 4.69) is 5.32 Å². The van der Waals surface area contributed by atoms with Crippen LogP contribution < -0.4 is 5.32 Å². The second-order valence-corrected chi connectivity index (χ2v) is 5.93. The number of amides is 1. The van der Waals surface area contributed by atoms with Crippen LogP contribution >= 0.6 is 23.2 Å². The summed E-state index contributed by atoms with van der Waals surface area (Å²) < 4.78 is 0. The van der Waals surface area contributed by atoms with Crippen LogP contribution in [0.5, 0.6) is 0 Å². The first kappa shape index (κ1) is 15.0. The molecule has 1 aliphatic heterocycles. The van der Waals surface area contributed by atoms with Crippen molar-refractivity contribution >= 4 is 40.6 Å². The Morgan fingerprint density at radius 1 is 1.18 bits per heavy atom. The van der Waals surface area contributed by atoms with Gasteiger partial charge in [0.15, 0.2) is 11.4 Å². The quantitative estimate of drug-likeness (QED) is 0.844. The number of carbonyl (C=O) groups is 2. The molecule has 6 heteroatoms. The zero-order valence-corrected chi connectivity index (χ0v) is 12.8. The van der Waals surface area contributed by atoms with Crippen LogP contribution in [0.25, 0.3) is 0 Å². The molecule has 0 radical (unpaired) electrons. The molecule has 1 atom stereocenters. The summed E-state index contributed by atoms with van der Waals surface area (Å²) in [6, 6.07) is 11.2. The Bertz CT molecular complexity index is 791. The van der Waals surface area contributed by atoms with Gasteiger partial charge in [0.2, 0.25) is 0 Å². The molecule has 4 nitrogen and oxygen atoms in total. The number of halogens is 2. The van der Waals surface area contributed by atoms with Gasteiger partial charge in [0, 0.05) is 21.8 Å². The number of hydrogen-bond donors (Lipinski definition) is 2. The topological polar surface area (TPSA) is 66.4 Å². The lowest BCUT2D eigenvalue weighted by atomic mass is 9.88. The van der Waals surface area contributed by atoms with Crippen LogP contribution in [-0.4, -0.2) is 16.8 Å². The van der Waals surface area contributed by atoms with E-state index < -0.39 is 23.7 Å². The Morgan fingerprint density at radius 2 is 1.91 bits per heavy atom. The minimum atomic E-state index is -1.89. The van der Waals surface area contributed by atoms with Gasteiger partial charge in [-0.05, 0) is 24.3 Å². The van der Waals surface area contributed by atoms with Gasteiger partial charge in [0.05, 0.1) is 11.4 Å². The van der Waals surface area contributed by atoms with Crippen LogP contribution in [0, 0.1) is 0 Å². The number of fused-ring (bicyclic) bond motifs is 1. The van der Waals surface area contributed by atoms with Gasteiger partial charge < -0.3 is 10.4 Å². The first-order valence-corrected chi connectivity index (χ1v) is 7.29. The highest BCUT2D eigenvalue weighted by Gasteiger charge is 2.46. The van der Waals surface area contributed by atoms with Crippen molar-refractivity contribution in [2.75, 3.05) is 5.32 Å². The average Bonchev–Trinajstić information content (AvgIpc) is 2.70. The molecule has 22 heavy (non-hydrogen) atoms. The van der Waals surface area contributed by atoms with Crippen molar-refractivity contribution in [1.29, 1.82) is 0 Å². The Labute approximate surface area is 136 Å². The molecule has 1 heterocycles. The van der Waals surface area contributed by atoms with E-state index in [1.165, 1.54) is 18.2 Å². The maximum atomic E-state index is 12.4. The SMILES string of the molecule is O=C(C[C@@]1(O)C(=O)Nc2ccccc21)c1ccc(Cl)cc1Cl. The van der Waals surface area contributed by atoms with Crippen LogP contribution in [-0.2, 0) is 10.4 Å². The smallest absolute Gasteiger partial charge is 0.261 e. The summed E-state index contributed by atoms with van der Waals surface area (Å²) in [7, 11) is 0. The number of anilines is 1. The third kappa shape index (κ3) is 2.39. The number of ketones is 1. The van der Waals surface area contributed by atoms with Crippen LogP contribution in [0.15, 0.2) is 42.5 Å². The zero-order chi connectivity index (χ0) is 15.9. The fraction of sp³-hybridized carbons (Fsp3) is 0.125. The highest BCUT2D eigenvalue weighted by molar-refractivity contribution is 6.37. The maximum Gasteiger partial charge on any atom is 0.261 e. The van der Waals surface area contributed by atoms with E-state index in [1.807, 2.05) is 0 Å². The van der Waals surface area contributed by atoms with E-state index in [-0.39, 0.29) is 10.6 Å². The fourth-order valence-electron chi connectivity index (χ4n) is 2.52. The van der Waals surface area contributed by atoms with Gasteiger partial charge in [0.25, 0.3) is 5.91 Å². The zero-order valence-electron chi connectivity index (χ0n) is 11.3. The largest absolute Gasteiger partial charge is 0.375 e. The van der Waals surface area contributed by atoms with Crippen molar-refractivity contribution in [2.24, 2.45) is 0 Å². The van der Waals surface area contributed by atoms with E-state index >= 15 is 0 Å². The lowest BCUT2D eigenvalue weighted by molar-refractivity contribution is -0.133. The molecule has 0 aliphatic carbocycles. The van der Waals surface area contributed by atoms with Crippen molar-refractivity contribution in [3.05, 3.63) is 63.6 Å². The first-order valence-electron chi connectivity index (χ1n) is 6.53. The number of benzene rings is 2. The Hall–Kier alpha value is -1.88. The average molecular weight is 336 g/mol. The number of nitrogens with one attached hydrogen (secondary N) is 1. The summed E-state index contributed by atoms with van der Waals surface area (Å²) in [5, 5.41) is 13.9. The highest BCUT2D eigenvalue weighted by atomic mass is 35.5. The molecular formula is C16H11Cl2NO3. The molecule has 3 rings (SSSR count).